The van der Waals surface area contributed by atoms with Gasteiger partial charge in [0.2, 0.25) is 0 Å². The lowest BCUT2D eigenvalue weighted by Gasteiger charge is -2.06. The van der Waals surface area contributed by atoms with Crippen LogP contribution in [0.15, 0.2) is 24.4 Å². The van der Waals surface area contributed by atoms with Crippen molar-refractivity contribution in [1.82, 2.24) is 9.78 Å². The molecule has 0 unspecified atom stereocenters. The molecule has 3 N–H and O–H groups in total. The van der Waals surface area contributed by atoms with E-state index in [9.17, 15) is 9.18 Å². The number of anilines is 2. The lowest BCUT2D eigenvalue weighted by molar-refractivity contribution is 0.102. The highest BCUT2D eigenvalue weighted by atomic mass is 35.5. The average molecular weight is 269 g/mol. The molecular weight excluding hydrogens is 259 g/mol. The number of carbonyl (C=O) groups excluding carboxylic acids is 1. The zero-order valence-electron chi connectivity index (χ0n) is 9.45. The van der Waals surface area contributed by atoms with E-state index in [0.717, 1.165) is 6.07 Å². The quantitative estimate of drug-likeness (QED) is 0.875. The molecule has 0 radical (unpaired) electrons. The molecule has 1 amide bonds. The molecule has 2 aromatic rings. The van der Waals surface area contributed by atoms with Gasteiger partial charge in [-0.15, -0.1) is 0 Å². The van der Waals surface area contributed by atoms with Gasteiger partial charge in [-0.2, -0.15) is 5.10 Å². The van der Waals surface area contributed by atoms with Crippen LogP contribution in [0.5, 0.6) is 0 Å². The Morgan fingerprint density at radius 2 is 2.28 bits per heavy atom. The van der Waals surface area contributed by atoms with Crippen molar-refractivity contribution >= 4 is 29.0 Å². The maximum absolute atomic E-state index is 13.0. The fraction of sp³-hybridized carbons (Fsp3) is 0.0909. The second-order valence-electron chi connectivity index (χ2n) is 3.65. The van der Waals surface area contributed by atoms with Gasteiger partial charge in [0.15, 0.2) is 0 Å². The molecule has 0 saturated heterocycles. The van der Waals surface area contributed by atoms with E-state index in [-0.39, 0.29) is 22.1 Å². The largest absolute Gasteiger partial charge is 0.383 e. The molecule has 0 aliphatic carbocycles. The van der Waals surface area contributed by atoms with Gasteiger partial charge in [0.1, 0.15) is 17.2 Å². The van der Waals surface area contributed by atoms with Crippen molar-refractivity contribution in [3.63, 3.8) is 0 Å². The van der Waals surface area contributed by atoms with Crippen LogP contribution in [0.2, 0.25) is 5.02 Å². The molecular formula is C11H10ClFN4O. The number of halogens is 2. The minimum absolute atomic E-state index is 0.185. The number of rotatable bonds is 2. The summed E-state index contributed by atoms with van der Waals surface area (Å²) in [6.45, 7) is 0. The number of aryl methyl sites for hydroxylation is 1. The number of hydrogen-bond acceptors (Lipinski definition) is 3. The van der Waals surface area contributed by atoms with E-state index in [1.165, 1.54) is 23.0 Å². The van der Waals surface area contributed by atoms with E-state index >= 15 is 0 Å². The molecule has 1 heterocycles. The summed E-state index contributed by atoms with van der Waals surface area (Å²) in [6, 6.07) is 3.70. The lowest BCUT2D eigenvalue weighted by Crippen LogP contribution is -2.14. The Hall–Kier alpha value is -2.08. The molecule has 0 fully saturated rings. The highest BCUT2D eigenvalue weighted by Crippen LogP contribution is 2.23. The van der Waals surface area contributed by atoms with Gasteiger partial charge in [0.05, 0.1) is 16.9 Å². The lowest BCUT2D eigenvalue weighted by atomic mass is 10.2. The van der Waals surface area contributed by atoms with Gasteiger partial charge in [-0.3, -0.25) is 9.48 Å². The number of nitrogens with one attached hydrogen (secondary N) is 1. The molecule has 0 aliphatic rings. The van der Waals surface area contributed by atoms with Crippen molar-refractivity contribution in [2.24, 2.45) is 7.05 Å². The number of carbonyl (C=O) groups is 1. The monoisotopic (exact) mass is 268 g/mol. The molecule has 94 valence electrons. The summed E-state index contributed by atoms with van der Waals surface area (Å²) in [5, 5.41) is 6.56. The molecule has 1 aromatic heterocycles. The maximum atomic E-state index is 13.0. The highest BCUT2D eigenvalue weighted by Gasteiger charge is 2.15. The predicted molar refractivity (Wildman–Crippen MR) is 67.0 cm³/mol. The first kappa shape index (κ1) is 12.4. The molecule has 0 bridgehead atoms. The van der Waals surface area contributed by atoms with Crippen LogP contribution in [0.1, 0.15) is 10.4 Å². The summed E-state index contributed by atoms with van der Waals surface area (Å²) in [7, 11) is 1.61. The Bertz CT molecular complexity index is 611. The van der Waals surface area contributed by atoms with Gasteiger partial charge in [-0.05, 0) is 18.2 Å². The van der Waals surface area contributed by atoms with Crippen molar-refractivity contribution in [2.75, 3.05) is 11.1 Å². The fourth-order valence-electron chi connectivity index (χ4n) is 1.40. The summed E-state index contributed by atoms with van der Waals surface area (Å²) in [5.41, 5.74) is 6.05. The molecule has 5 nitrogen and oxygen atoms in total. The summed E-state index contributed by atoms with van der Waals surface area (Å²) < 4.78 is 14.4. The summed E-state index contributed by atoms with van der Waals surface area (Å²) >= 11 is 5.84. The Labute approximate surface area is 107 Å². The number of benzene rings is 1. The van der Waals surface area contributed by atoms with Gasteiger partial charge in [-0.1, -0.05) is 11.6 Å². The normalized spacial score (nSPS) is 10.4. The van der Waals surface area contributed by atoms with Crippen LogP contribution in [-0.2, 0) is 7.05 Å². The van der Waals surface area contributed by atoms with Crippen molar-refractivity contribution in [2.45, 2.75) is 0 Å². The molecule has 1 aromatic carbocycles. The standard InChI is InChI=1S/C11H10ClFN4O/c1-17-10(14)7(5-15-17)11(18)16-9-4-6(13)2-3-8(9)12/h2-5H,14H2,1H3,(H,16,18). The minimum atomic E-state index is -0.493. The Morgan fingerprint density at radius 1 is 1.56 bits per heavy atom. The first-order valence-electron chi connectivity index (χ1n) is 5.03. The summed E-state index contributed by atoms with van der Waals surface area (Å²) in [5.74, 6) is -0.762. The molecule has 0 aliphatic heterocycles. The molecule has 0 saturated carbocycles. The van der Waals surface area contributed by atoms with Crippen LogP contribution in [0.25, 0.3) is 0 Å². The maximum Gasteiger partial charge on any atom is 0.261 e. The van der Waals surface area contributed by atoms with Crippen LogP contribution in [-0.4, -0.2) is 15.7 Å². The number of nitrogens with zero attached hydrogens (tertiary/aromatic N) is 2. The third-order valence-corrected chi connectivity index (χ3v) is 2.74. The molecule has 7 heteroatoms. The zero-order chi connectivity index (χ0) is 13.3. The molecule has 0 atom stereocenters. The zero-order valence-corrected chi connectivity index (χ0v) is 10.2. The smallest absolute Gasteiger partial charge is 0.261 e. The number of hydrogen-bond donors (Lipinski definition) is 2. The van der Waals surface area contributed by atoms with Gasteiger partial charge < -0.3 is 11.1 Å². The van der Waals surface area contributed by atoms with Gasteiger partial charge >= 0.3 is 0 Å². The first-order chi connectivity index (χ1) is 8.49. The predicted octanol–water partition coefficient (Wildman–Crippen LogP) is 2.05. The number of amides is 1. The Balaban J connectivity index is 2.27. The molecule has 18 heavy (non-hydrogen) atoms. The summed E-state index contributed by atoms with van der Waals surface area (Å²) in [4.78, 5) is 11.9. The Morgan fingerprint density at radius 3 is 2.89 bits per heavy atom. The second-order valence-corrected chi connectivity index (χ2v) is 4.05. The SMILES string of the molecule is Cn1ncc(C(=O)Nc2cc(F)ccc2Cl)c1N. The molecule has 2 rings (SSSR count). The van der Waals surface area contributed by atoms with Gasteiger partial charge in [0, 0.05) is 7.05 Å². The van der Waals surface area contributed by atoms with E-state index in [1.807, 2.05) is 0 Å². The number of aromatic nitrogens is 2. The average Bonchev–Trinajstić information content (AvgIpc) is 2.65. The number of nitrogens with two attached hydrogens (primary N) is 1. The van der Waals surface area contributed by atoms with Crippen molar-refractivity contribution in [3.05, 3.63) is 40.8 Å². The third-order valence-electron chi connectivity index (χ3n) is 2.41. The fourth-order valence-corrected chi connectivity index (χ4v) is 1.57. The third kappa shape index (κ3) is 2.28. The highest BCUT2D eigenvalue weighted by molar-refractivity contribution is 6.34. The number of nitrogen functional groups attached to an aromatic ring is 1. The van der Waals surface area contributed by atoms with Crippen LogP contribution in [0.3, 0.4) is 0 Å². The van der Waals surface area contributed by atoms with E-state index in [0.29, 0.717) is 0 Å². The van der Waals surface area contributed by atoms with Crippen molar-refractivity contribution < 1.29 is 9.18 Å². The van der Waals surface area contributed by atoms with Gasteiger partial charge in [-0.25, -0.2) is 4.39 Å². The Kier molecular flexibility index (Phi) is 3.20. The van der Waals surface area contributed by atoms with Crippen LogP contribution >= 0.6 is 11.6 Å². The van der Waals surface area contributed by atoms with Crippen LogP contribution in [0, 0.1) is 5.82 Å². The van der Waals surface area contributed by atoms with Crippen molar-refractivity contribution in [1.29, 1.82) is 0 Å². The van der Waals surface area contributed by atoms with Crippen molar-refractivity contribution in [3.8, 4) is 0 Å². The van der Waals surface area contributed by atoms with E-state index in [4.69, 9.17) is 17.3 Å². The minimum Gasteiger partial charge on any atom is -0.383 e. The topological polar surface area (TPSA) is 72.9 Å². The summed E-state index contributed by atoms with van der Waals surface area (Å²) in [6.07, 6.45) is 1.33. The van der Waals surface area contributed by atoms with Crippen LogP contribution < -0.4 is 11.1 Å². The molecule has 0 spiro atoms. The second kappa shape index (κ2) is 4.66. The first-order valence-corrected chi connectivity index (χ1v) is 5.40. The van der Waals surface area contributed by atoms with E-state index in [1.54, 1.807) is 7.05 Å². The van der Waals surface area contributed by atoms with Crippen LogP contribution in [0.4, 0.5) is 15.9 Å². The van der Waals surface area contributed by atoms with E-state index in [2.05, 4.69) is 10.4 Å². The van der Waals surface area contributed by atoms with E-state index < -0.39 is 11.7 Å². The van der Waals surface area contributed by atoms with Gasteiger partial charge in [0.25, 0.3) is 5.91 Å².